The molecule has 0 aliphatic heterocycles. The number of para-hydroxylation sites is 1. The molecule has 37 heavy (non-hydrogen) atoms. The minimum atomic E-state index is -5.10. The third kappa shape index (κ3) is 6.84. The zero-order chi connectivity index (χ0) is 26.6. The number of carbonyl (C=O) groups excluding carboxylic acids is 2. The van der Waals surface area contributed by atoms with Crippen LogP contribution in [0.1, 0.15) is 60.2 Å². The van der Waals surface area contributed by atoms with E-state index in [1.165, 1.54) is 6.07 Å². The summed E-state index contributed by atoms with van der Waals surface area (Å²) in [5, 5.41) is 7.51. The second kappa shape index (κ2) is 11.6. The predicted octanol–water partition coefficient (Wildman–Crippen LogP) is 5.86. The van der Waals surface area contributed by atoms with Crippen LogP contribution in [0.15, 0.2) is 48.7 Å². The number of H-pyrrole nitrogens is 1. The van der Waals surface area contributed by atoms with Gasteiger partial charge in [0, 0.05) is 35.2 Å². The molecular formula is C27H29ClF3N3O3. The molecule has 0 bridgehead atoms. The van der Waals surface area contributed by atoms with Crippen molar-refractivity contribution in [2.45, 2.75) is 63.4 Å². The Labute approximate surface area is 217 Å². The Hall–Kier alpha value is -3.04. The summed E-state index contributed by atoms with van der Waals surface area (Å²) in [5.41, 5.74) is 2.64. The first-order valence-electron chi connectivity index (χ1n) is 12.3. The fourth-order valence-electron chi connectivity index (χ4n) is 4.74. The van der Waals surface area contributed by atoms with Gasteiger partial charge in [-0.2, -0.15) is 13.2 Å². The van der Waals surface area contributed by atoms with E-state index in [1.54, 1.807) is 24.3 Å². The molecule has 6 nitrogen and oxygen atoms in total. The van der Waals surface area contributed by atoms with Gasteiger partial charge in [0.05, 0.1) is 11.1 Å². The van der Waals surface area contributed by atoms with E-state index in [-0.39, 0.29) is 24.5 Å². The number of esters is 1. The van der Waals surface area contributed by atoms with Gasteiger partial charge in [0.15, 0.2) is 0 Å². The minimum Gasteiger partial charge on any atom is -0.449 e. The Morgan fingerprint density at radius 1 is 1.16 bits per heavy atom. The molecule has 0 radical (unpaired) electrons. The quantitative estimate of drug-likeness (QED) is 0.300. The van der Waals surface area contributed by atoms with Gasteiger partial charge in [0.25, 0.3) is 5.91 Å². The van der Waals surface area contributed by atoms with Crippen molar-refractivity contribution in [3.05, 3.63) is 70.4 Å². The van der Waals surface area contributed by atoms with Crippen molar-refractivity contribution >= 4 is 34.4 Å². The van der Waals surface area contributed by atoms with Crippen molar-refractivity contribution in [2.75, 3.05) is 6.54 Å². The Morgan fingerprint density at radius 3 is 2.59 bits per heavy atom. The van der Waals surface area contributed by atoms with Gasteiger partial charge in [0.2, 0.25) is 0 Å². The molecular weight excluding hydrogens is 507 g/mol. The van der Waals surface area contributed by atoms with Crippen LogP contribution in [-0.2, 0) is 16.0 Å². The number of fused-ring (bicyclic) bond motifs is 1. The second-order valence-electron chi connectivity index (χ2n) is 9.46. The average Bonchev–Trinajstić information content (AvgIpc) is 3.51. The lowest BCUT2D eigenvalue weighted by Gasteiger charge is -2.22. The monoisotopic (exact) mass is 535 g/mol. The molecule has 0 spiro atoms. The topological polar surface area (TPSA) is 83.2 Å². The van der Waals surface area contributed by atoms with Gasteiger partial charge in [0.1, 0.15) is 6.10 Å². The fourth-order valence-corrected chi connectivity index (χ4v) is 4.94. The number of ether oxygens (including phenoxy) is 1. The molecule has 10 heteroatoms. The van der Waals surface area contributed by atoms with Gasteiger partial charge in [-0.15, -0.1) is 0 Å². The van der Waals surface area contributed by atoms with Crippen molar-refractivity contribution < 1.29 is 27.5 Å². The zero-order valence-corrected chi connectivity index (χ0v) is 21.1. The van der Waals surface area contributed by atoms with Gasteiger partial charge in [-0.25, -0.2) is 4.79 Å². The molecule has 1 amide bonds. The smallest absolute Gasteiger partial charge is 0.449 e. The maximum absolute atomic E-state index is 12.9. The number of carbonyl (C=O) groups is 2. The van der Waals surface area contributed by atoms with E-state index < -0.39 is 18.2 Å². The molecule has 4 rings (SSSR count). The molecule has 3 N–H and O–H groups in total. The fraction of sp³-hybridized carbons (Fsp3) is 0.407. The van der Waals surface area contributed by atoms with Gasteiger partial charge in [-0.05, 0) is 55.5 Å². The normalized spacial score (nSPS) is 16.0. The molecule has 1 aromatic heterocycles. The van der Waals surface area contributed by atoms with Crippen LogP contribution in [-0.4, -0.2) is 41.7 Å². The largest absolute Gasteiger partial charge is 0.490 e. The lowest BCUT2D eigenvalue weighted by Crippen LogP contribution is -2.35. The molecule has 1 heterocycles. The van der Waals surface area contributed by atoms with Gasteiger partial charge in [-0.3, -0.25) is 4.79 Å². The Kier molecular flexibility index (Phi) is 8.44. The summed E-state index contributed by atoms with van der Waals surface area (Å²) in [4.78, 5) is 27.6. The number of benzene rings is 2. The van der Waals surface area contributed by atoms with Gasteiger partial charge in [-0.1, -0.05) is 48.7 Å². The highest BCUT2D eigenvalue weighted by Gasteiger charge is 2.42. The molecule has 1 aliphatic carbocycles. The highest BCUT2D eigenvalue weighted by Crippen LogP contribution is 2.27. The van der Waals surface area contributed by atoms with E-state index in [1.807, 2.05) is 25.3 Å². The van der Waals surface area contributed by atoms with Crippen LogP contribution in [0.3, 0.4) is 0 Å². The van der Waals surface area contributed by atoms with Crippen LogP contribution in [0.5, 0.6) is 0 Å². The van der Waals surface area contributed by atoms with Gasteiger partial charge >= 0.3 is 12.1 Å². The number of aromatic amines is 1. The molecule has 2 aromatic carbocycles. The third-order valence-electron chi connectivity index (χ3n) is 6.62. The summed E-state index contributed by atoms with van der Waals surface area (Å²) in [5.74, 6) is -2.36. The summed E-state index contributed by atoms with van der Waals surface area (Å²) < 4.78 is 43.3. The van der Waals surface area contributed by atoms with Crippen LogP contribution < -0.4 is 10.6 Å². The third-order valence-corrected chi connectivity index (χ3v) is 6.85. The predicted molar refractivity (Wildman–Crippen MR) is 136 cm³/mol. The van der Waals surface area contributed by atoms with E-state index in [0.29, 0.717) is 22.6 Å². The van der Waals surface area contributed by atoms with E-state index in [2.05, 4.69) is 15.6 Å². The number of alkyl halides is 3. The first kappa shape index (κ1) is 27.0. The SMILES string of the molecule is C[C@H](Cc1c[nH]c2c(C(=O)NC3CCCC3)cccc12)NC[C@H](OC(=O)C(F)(F)F)c1cccc(Cl)c1. The van der Waals surface area contributed by atoms with Crippen molar-refractivity contribution in [2.24, 2.45) is 0 Å². The van der Waals surface area contributed by atoms with E-state index in [9.17, 15) is 22.8 Å². The van der Waals surface area contributed by atoms with E-state index >= 15 is 0 Å². The van der Waals surface area contributed by atoms with Crippen LogP contribution in [0.4, 0.5) is 13.2 Å². The molecule has 0 unspecified atom stereocenters. The van der Waals surface area contributed by atoms with E-state index in [0.717, 1.165) is 42.1 Å². The van der Waals surface area contributed by atoms with Crippen molar-refractivity contribution in [1.29, 1.82) is 0 Å². The lowest BCUT2D eigenvalue weighted by atomic mass is 10.0. The summed E-state index contributed by atoms with van der Waals surface area (Å²) in [6.45, 7) is 1.84. The standard InChI is InChI=1S/C27H29ClF3N3O3/c1-16(32-15-23(37-26(36)27(29,30)31)17-6-4-7-19(28)13-17)12-18-14-33-24-21(18)10-5-11-22(24)25(35)34-20-8-2-3-9-20/h4-7,10-11,13-14,16,20,23,32-33H,2-3,8-9,12,15H2,1H3,(H,34,35)/t16-,23+/m1/s1. The molecule has 1 aliphatic rings. The summed E-state index contributed by atoms with van der Waals surface area (Å²) >= 11 is 6.00. The van der Waals surface area contributed by atoms with Crippen LogP contribution in [0.2, 0.25) is 5.02 Å². The first-order valence-corrected chi connectivity index (χ1v) is 12.7. The summed E-state index contributed by atoms with van der Waals surface area (Å²) in [6.07, 6.45) is 0.333. The molecule has 1 saturated carbocycles. The summed E-state index contributed by atoms with van der Waals surface area (Å²) in [7, 11) is 0. The molecule has 1 fully saturated rings. The van der Waals surface area contributed by atoms with Crippen LogP contribution >= 0.6 is 11.6 Å². The first-order chi connectivity index (χ1) is 17.6. The molecule has 198 valence electrons. The van der Waals surface area contributed by atoms with Crippen molar-refractivity contribution in [3.8, 4) is 0 Å². The molecule has 2 atom stereocenters. The highest BCUT2D eigenvalue weighted by molar-refractivity contribution is 6.30. The highest BCUT2D eigenvalue weighted by atomic mass is 35.5. The second-order valence-corrected chi connectivity index (χ2v) is 9.89. The zero-order valence-electron chi connectivity index (χ0n) is 20.3. The number of aromatic nitrogens is 1. The Morgan fingerprint density at radius 2 is 1.89 bits per heavy atom. The maximum Gasteiger partial charge on any atom is 0.490 e. The van der Waals surface area contributed by atoms with Crippen LogP contribution in [0, 0.1) is 0 Å². The molecule has 3 aromatic rings. The van der Waals surface area contributed by atoms with Crippen LogP contribution in [0.25, 0.3) is 10.9 Å². The number of rotatable bonds is 9. The van der Waals surface area contributed by atoms with Gasteiger partial charge < -0.3 is 20.4 Å². The number of amides is 1. The molecule has 0 saturated heterocycles. The Balaban J connectivity index is 1.44. The Bertz CT molecular complexity index is 1250. The number of hydrogen-bond donors (Lipinski definition) is 3. The maximum atomic E-state index is 12.9. The number of halogens is 4. The average molecular weight is 536 g/mol. The van der Waals surface area contributed by atoms with E-state index in [4.69, 9.17) is 16.3 Å². The lowest BCUT2D eigenvalue weighted by molar-refractivity contribution is -0.205. The number of hydrogen-bond acceptors (Lipinski definition) is 4. The number of nitrogens with one attached hydrogen (secondary N) is 3. The van der Waals surface area contributed by atoms with Crippen molar-refractivity contribution in [3.63, 3.8) is 0 Å². The minimum absolute atomic E-state index is 0.0409. The summed E-state index contributed by atoms with van der Waals surface area (Å²) in [6, 6.07) is 11.8. The van der Waals surface area contributed by atoms with Crippen molar-refractivity contribution in [1.82, 2.24) is 15.6 Å².